The quantitative estimate of drug-likeness (QED) is 0.574. The molecule has 0 atom stereocenters. The van der Waals surface area contributed by atoms with Crippen LogP contribution in [0.1, 0.15) is 30.1 Å². The number of fused-ring (bicyclic) bond motifs is 1. The maximum Gasteiger partial charge on any atom is 0.307 e. The van der Waals surface area contributed by atoms with Gasteiger partial charge in [0.05, 0.1) is 15.1 Å². The first-order chi connectivity index (χ1) is 15.2. The van der Waals surface area contributed by atoms with Gasteiger partial charge >= 0.3 is 4.87 Å². The van der Waals surface area contributed by atoms with Crippen molar-refractivity contribution in [3.05, 3.63) is 57.7 Å². The summed E-state index contributed by atoms with van der Waals surface area (Å²) >= 11 is 1.01. The monoisotopic (exact) mass is 473 g/mol. The number of thiazole rings is 1. The Morgan fingerprint density at radius 1 is 1.09 bits per heavy atom. The fourth-order valence-corrected chi connectivity index (χ4v) is 6.33. The molecule has 1 aromatic heterocycles. The van der Waals surface area contributed by atoms with Crippen molar-refractivity contribution in [2.24, 2.45) is 13.0 Å². The van der Waals surface area contributed by atoms with Crippen molar-refractivity contribution in [2.75, 3.05) is 18.4 Å². The Morgan fingerprint density at radius 3 is 2.50 bits per heavy atom. The Balaban J connectivity index is 1.43. The molecule has 0 radical (unpaired) electrons. The highest BCUT2D eigenvalue weighted by Gasteiger charge is 2.32. The van der Waals surface area contributed by atoms with Gasteiger partial charge in [-0.2, -0.15) is 4.31 Å². The van der Waals surface area contributed by atoms with Crippen LogP contribution in [0.5, 0.6) is 0 Å². The first-order valence-corrected chi connectivity index (χ1v) is 12.4. The van der Waals surface area contributed by atoms with E-state index in [4.69, 9.17) is 0 Å². The fraction of sp³-hybridized carbons (Fsp3) is 0.318. The zero-order valence-electron chi connectivity index (χ0n) is 17.7. The molecule has 1 aliphatic rings. The third kappa shape index (κ3) is 4.25. The number of anilines is 1. The van der Waals surface area contributed by atoms with Crippen molar-refractivity contribution >= 4 is 49.0 Å². The van der Waals surface area contributed by atoms with Gasteiger partial charge < -0.3 is 9.88 Å². The van der Waals surface area contributed by atoms with Crippen LogP contribution in [0.15, 0.2) is 52.2 Å². The number of hydrogen-bond donors (Lipinski definition) is 1. The van der Waals surface area contributed by atoms with Crippen LogP contribution in [0.25, 0.3) is 10.2 Å². The summed E-state index contributed by atoms with van der Waals surface area (Å²) in [6.07, 6.45) is 0.802. The zero-order chi connectivity index (χ0) is 23.0. The summed E-state index contributed by atoms with van der Waals surface area (Å²) in [7, 11) is -2.07. The molecule has 0 spiro atoms. The third-order valence-corrected chi connectivity index (χ3v) is 8.65. The van der Waals surface area contributed by atoms with Gasteiger partial charge in [0, 0.05) is 37.3 Å². The molecule has 8 nitrogen and oxygen atoms in total. The Hall–Kier alpha value is -2.82. The molecule has 1 saturated heterocycles. The Kier molecular flexibility index (Phi) is 6.02. The number of carbonyl (C=O) groups is 2. The van der Waals surface area contributed by atoms with E-state index >= 15 is 0 Å². The SMILES string of the molecule is CC(=O)c1cccc(NC(=O)C2CCN(S(=O)(=O)c3ccc4c(c3)sc(=O)n4C)CC2)c1. The highest BCUT2D eigenvalue weighted by atomic mass is 32.2. The van der Waals surface area contributed by atoms with Crippen LogP contribution in [-0.2, 0) is 21.9 Å². The standard InChI is InChI=1S/C22H23N3O5S2/c1-14(26)16-4-3-5-17(12-16)23-21(27)15-8-10-25(11-9-15)32(29,30)18-6-7-19-20(13-18)31-22(28)24(19)2/h3-7,12-13,15H,8-11H2,1-2H3,(H,23,27). The van der Waals surface area contributed by atoms with E-state index in [1.165, 1.54) is 27.9 Å². The number of nitrogens with zero attached hydrogens (tertiary/aromatic N) is 2. The minimum atomic E-state index is -3.72. The minimum Gasteiger partial charge on any atom is -0.326 e. The number of aryl methyl sites for hydroxylation is 1. The number of carbonyl (C=O) groups excluding carboxylic acids is 2. The number of amides is 1. The van der Waals surface area contributed by atoms with E-state index in [0.29, 0.717) is 34.3 Å². The predicted octanol–water partition coefficient (Wildman–Crippen LogP) is 2.84. The summed E-state index contributed by atoms with van der Waals surface area (Å²) < 4.78 is 29.7. The number of benzene rings is 2. The van der Waals surface area contributed by atoms with Crippen LogP contribution >= 0.6 is 11.3 Å². The van der Waals surface area contributed by atoms with Gasteiger partial charge in [0.15, 0.2) is 5.78 Å². The number of rotatable bonds is 5. The van der Waals surface area contributed by atoms with Crippen molar-refractivity contribution in [1.29, 1.82) is 0 Å². The van der Waals surface area contributed by atoms with Gasteiger partial charge in [-0.05, 0) is 50.1 Å². The zero-order valence-corrected chi connectivity index (χ0v) is 19.3. The van der Waals surface area contributed by atoms with Crippen molar-refractivity contribution in [1.82, 2.24) is 8.87 Å². The van der Waals surface area contributed by atoms with Crippen LogP contribution in [-0.4, -0.2) is 42.1 Å². The molecule has 3 aromatic rings. The Morgan fingerprint density at radius 2 is 1.81 bits per heavy atom. The molecular formula is C22H23N3O5S2. The molecule has 168 valence electrons. The van der Waals surface area contributed by atoms with Crippen molar-refractivity contribution < 1.29 is 18.0 Å². The maximum atomic E-state index is 13.1. The lowest BCUT2D eigenvalue weighted by Gasteiger charge is -2.30. The normalized spacial score (nSPS) is 15.7. The smallest absolute Gasteiger partial charge is 0.307 e. The summed E-state index contributed by atoms with van der Waals surface area (Å²) in [6.45, 7) is 1.93. The number of nitrogens with one attached hydrogen (secondary N) is 1. The van der Waals surface area contributed by atoms with E-state index in [2.05, 4.69) is 5.32 Å². The van der Waals surface area contributed by atoms with Gasteiger partial charge in [0.2, 0.25) is 15.9 Å². The van der Waals surface area contributed by atoms with Gasteiger partial charge in [-0.1, -0.05) is 23.5 Å². The molecule has 2 aromatic carbocycles. The fourth-order valence-electron chi connectivity index (χ4n) is 3.84. The van der Waals surface area contributed by atoms with Gasteiger partial charge in [-0.25, -0.2) is 8.42 Å². The third-order valence-electron chi connectivity index (χ3n) is 5.76. The average Bonchev–Trinajstić information content (AvgIpc) is 3.07. The molecule has 0 aliphatic carbocycles. The molecule has 32 heavy (non-hydrogen) atoms. The van der Waals surface area contributed by atoms with Gasteiger partial charge in [0.1, 0.15) is 0 Å². The van der Waals surface area contributed by atoms with Crippen molar-refractivity contribution in [3.8, 4) is 0 Å². The number of aromatic nitrogens is 1. The Labute approximate surface area is 189 Å². The van der Waals surface area contributed by atoms with Crippen molar-refractivity contribution in [2.45, 2.75) is 24.7 Å². The van der Waals surface area contributed by atoms with Gasteiger partial charge in [-0.15, -0.1) is 0 Å². The van der Waals surface area contributed by atoms with E-state index < -0.39 is 10.0 Å². The molecule has 0 bridgehead atoms. The molecule has 0 saturated carbocycles. The summed E-state index contributed by atoms with van der Waals surface area (Å²) in [6, 6.07) is 11.5. The second-order valence-electron chi connectivity index (χ2n) is 7.86. The van der Waals surface area contributed by atoms with Gasteiger partial charge in [0.25, 0.3) is 0 Å². The molecule has 1 amide bonds. The lowest BCUT2D eigenvalue weighted by molar-refractivity contribution is -0.120. The molecule has 2 heterocycles. The number of Topliss-reactive ketones (excluding diaryl/α,β-unsaturated/α-hetero) is 1. The van der Waals surface area contributed by atoms with Gasteiger partial charge in [-0.3, -0.25) is 14.4 Å². The highest BCUT2D eigenvalue weighted by molar-refractivity contribution is 7.89. The first kappa shape index (κ1) is 22.4. The Bertz CT molecular complexity index is 1370. The number of ketones is 1. The summed E-state index contributed by atoms with van der Waals surface area (Å²) in [4.78, 5) is 36.0. The minimum absolute atomic E-state index is 0.0828. The number of piperidine rings is 1. The second-order valence-corrected chi connectivity index (χ2v) is 10.8. The number of hydrogen-bond acceptors (Lipinski definition) is 6. The summed E-state index contributed by atoms with van der Waals surface area (Å²) in [5.41, 5.74) is 1.76. The highest BCUT2D eigenvalue weighted by Crippen LogP contribution is 2.27. The molecule has 4 rings (SSSR count). The van der Waals surface area contributed by atoms with E-state index in [1.54, 1.807) is 37.4 Å². The van der Waals surface area contributed by atoms with Crippen LogP contribution in [0.3, 0.4) is 0 Å². The molecule has 1 N–H and O–H groups in total. The van der Waals surface area contributed by atoms with E-state index in [1.807, 2.05) is 0 Å². The summed E-state index contributed by atoms with van der Waals surface area (Å²) in [5, 5.41) is 2.83. The maximum absolute atomic E-state index is 13.1. The molecule has 1 fully saturated rings. The first-order valence-electron chi connectivity index (χ1n) is 10.2. The van der Waals surface area contributed by atoms with Crippen LogP contribution < -0.4 is 10.2 Å². The van der Waals surface area contributed by atoms with Crippen LogP contribution in [0.4, 0.5) is 5.69 Å². The average molecular weight is 474 g/mol. The molecule has 10 heteroatoms. The molecule has 0 unspecified atom stereocenters. The second kappa shape index (κ2) is 8.61. The lowest BCUT2D eigenvalue weighted by atomic mass is 9.97. The topological polar surface area (TPSA) is 106 Å². The van der Waals surface area contributed by atoms with E-state index in [-0.39, 0.29) is 40.5 Å². The summed E-state index contributed by atoms with van der Waals surface area (Å²) in [5.74, 6) is -0.580. The lowest BCUT2D eigenvalue weighted by Crippen LogP contribution is -2.41. The van der Waals surface area contributed by atoms with E-state index in [0.717, 1.165) is 11.3 Å². The largest absolute Gasteiger partial charge is 0.326 e. The van der Waals surface area contributed by atoms with E-state index in [9.17, 15) is 22.8 Å². The van der Waals surface area contributed by atoms with Crippen molar-refractivity contribution in [3.63, 3.8) is 0 Å². The van der Waals surface area contributed by atoms with Crippen LogP contribution in [0.2, 0.25) is 0 Å². The predicted molar refractivity (Wildman–Crippen MR) is 124 cm³/mol. The van der Waals surface area contributed by atoms with Crippen LogP contribution in [0, 0.1) is 5.92 Å². The molecular weight excluding hydrogens is 450 g/mol. The number of sulfonamides is 1. The molecule has 1 aliphatic heterocycles.